The van der Waals surface area contributed by atoms with Crippen molar-refractivity contribution in [2.24, 2.45) is 5.92 Å². The Morgan fingerprint density at radius 3 is 0.687 bits per heavy atom. The number of unbranched alkanes of at least 4 members (excludes halogenated alkanes) is 52. The number of rotatable bonds is 80. The van der Waals surface area contributed by atoms with Crippen LogP contribution in [-0.4, -0.2) is 96.7 Å². The van der Waals surface area contributed by atoms with Gasteiger partial charge in [0.15, 0.2) is 12.2 Å². The molecule has 0 bridgehead atoms. The highest BCUT2D eigenvalue weighted by Crippen LogP contribution is 2.45. The van der Waals surface area contributed by atoms with Crippen molar-refractivity contribution >= 4 is 39.5 Å². The van der Waals surface area contributed by atoms with Crippen LogP contribution in [0.1, 0.15) is 426 Å². The van der Waals surface area contributed by atoms with Crippen LogP contribution in [0.25, 0.3) is 0 Å². The maximum atomic E-state index is 13.1. The molecule has 5 atom stereocenters. The fourth-order valence-corrected chi connectivity index (χ4v) is 14.0. The fourth-order valence-electron chi connectivity index (χ4n) is 12.4. The molecular formula is C80H156O17P2. The number of hydrogen-bond acceptors (Lipinski definition) is 15. The lowest BCUT2D eigenvalue weighted by Crippen LogP contribution is -2.30. The third-order valence-electron chi connectivity index (χ3n) is 18.8. The van der Waals surface area contributed by atoms with Crippen molar-refractivity contribution < 1.29 is 80.2 Å². The van der Waals surface area contributed by atoms with Crippen LogP contribution in [0.5, 0.6) is 0 Å². The zero-order chi connectivity index (χ0) is 72.7. The van der Waals surface area contributed by atoms with Crippen molar-refractivity contribution in [1.82, 2.24) is 0 Å². The van der Waals surface area contributed by atoms with Crippen molar-refractivity contribution in [3.8, 4) is 0 Å². The molecular weight excluding hydrogens is 1290 g/mol. The van der Waals surface area contributed by atoms with E-state index in [0.29, 0.717) is 25.7 Å². The molecule has 0 saturated carbocycles. The van der Waals surface area contributed by atoms with E-state index in [4.69, 9.17) is 37.0 Å². The van der Waals surface area contributed by atoms with Gasteiger partial charge in [0.25, 0.3) is 0 Å². The van der Waals surface area contributed by atoms with Crippen molar-refractivity contribution in [2.45, 2.75) is 445 Å². The van der Waals surface area contributed by atoms with Crippen LogP contribution in [0, 0.1) is 5.92 Å². The number of carbonyl (C=O) groups excluding carboxylic acids is 4. The highest BCUT2D eigenvalue weighted by Gasteiger charge is 2.30. The summed E-state index contributed by atoms with van der Waals surface area (Å²) >= 11 is 0. The summed E-state index contributed by atoms with van der Waals surface area (Å²) in [6.45, 7) is 7.32. The highest BCUT2D eigenvalue weighted by atomic mass is 31.2. The molecule has 0 aromatic rings. The lowest BCUT2D eigenvalue weighted by atomic mass is 10.0. The molecule has 0 aromatic heterocycles. The van der Waals surface area contributed by atoms with Crippen LogP contribution in [0.3, 0.4) is 0 Å². The van der Waals surface area contributed by atoms with Crippen LogP contribution in [0.4, 0.5) is 0 Å². The molecule has 0 saturated heterocycles. The molecule has 0 aliphatic rings. The van der Waals surface area contributed by atoms with E-state index >= 15 is 0 Å². The summed E-state index contributed by atoms with van der Waals surface area (Å²) < 4.78 is 68.7. The van der Waals surface area contributed by atoms with Crippen LogP contribution in [-0.2, 0) is 65.4 Å². The predicted molar refractivity (Wildman–Crippen MR) is 405 cm³/mol. The summed E-state index contributed by atoms with van der Waals surface area (Å²) in [5.41, 5.74) is 0. The molecule has 0 aliphatic heterocycles. The highest BCUT2D eigenvalue weighted by molar-refractivity contribution is 7.47. The minimum absolute atomic E-state index is 0.107. The predicted octanol–water partition coefficient (Wildman–Crippen LogP) is 24.0. The van der Waals surface area contributed by atoms with Crippen LogP contribution >= 0.6 is 15.6 Å². The van der Waals surface area contributed by atoms with Gasteiger partial charge >= 0.3 is 39.5 Å². The Balaban J connectivity index is 5.26. The second-order valence-electron chi connectivity index (χ2n) is 29.3. The Morgan fingerprint density at radius 2 is 0.465 bits per heavy atom. The van der Waals surface area contributed by atoms with E-state index in [1.807, 2.05) is 0 Å². The first-order chi connectivity index (χ1) is 48.0. The first-order valence-electron chi connectivity index (χ1n) is 41.6. The third-order valence-corrected chi connectivity index (χ3v) is 20.7. The lowest BCUT2D eigenvalue weighted by Gasteiger charge is -2.21. The SMILES string of the molecule is CCCCCCCCCCCCCCCCCCCCC(=O)O[C@H](COC(=O)CCCCCCCCCCCCCCCCC)COP(=O)(O)OC[C@@H](O)COP(=O)(O)OC[C@@H](COC(=O)CCCCCCCCCCCCCCC)OC(=O)CCCCCCCCCCCCC(C)C. The van der Waals surface area contributed by atoms with E-state index in [9.17, 15) is 43.2 Å². The molecule has 19 heteroatoms. The quantitative estimate of drug-likeness (QED) is 0.0222. The summed E-state index contributed by atoms with van der Waals surface area (Å²) in [5, 5.41) is 10.6. The maximum absolute atomic E-state index is 13.1. The first kappa shape index (κ1) is 97.1. The summed E-state index contributed by atoms with van der Waals surface area (Å²) in [5.74, 6) is -1.35. The minimum atomic E-state index is -4.96. The molecule has 17 nitrogen and oxygen atoms in total. The van der Waals surface area contributed by atoms with Crippen molar-refractivity contribution in [3.05, 3.63) is 0 Å². The summed E-state index contributed by atoms with van der Waals surface area (Å²) in [6.07, 6.45) is 63.7. The number of hydrogen-bond donors (Lipinski definition) is 3. The molecule has 0 aliphatic carbocycles. The van der Waals surface area contributed by atoms with Crippen LogP contribution in [0.2, 0.25) is 0 Å². The van der Waals surface area contributed by atoms with Gasteiger partial charge in [-0.1, -0.05) is 375 Å². The molecule has 2 unspecified atom stereocenters. The Labute approximate surface area is 607 Å². The van der Waals surface area contributed by atoms with Gasteiger partial charge in [-0.25, -0.2) is 9.13 Å². The van der Waals surface area contributed by atoms with Crippen LogP contribution < -0.4 is 0 Å². The average molecular weight is 1450 g/mol. The van der Waals surface area contributed by atoms with E-state index in [1.54, 1.807) is 0 Å². The minimum Gasteiger partial charge on any atom is -0.462 e. The molecule has 0 fully saturated rings. The number of aliphatic hydroxyl groups is 1. The molecule has 3 N–H and O–H groups in total. The molecule has 99 heavy (non-hydrogen) atoms. The van der Waals surface area contributed by atoms with Gasteiger partial charge in [0.05, 0.1) is 26.4 Å². The lowest BCUT2D eigenvalue weighted by molar-refractivity contribution is -0.161. The molecule has 0 spiro atoms. The van der Waals surface area contributed by atoms with E-state index in [-0.39, 0.29) is 25.7 Å². The number of phosphoric acid groups is 2. The van der Waals surface area contributed by atoms with Gasteiger partial charge in [0, 0.05) is 25.7 Å². The Hall–Kier alpha value is -1.94. The standard InChI is InChI=1S/C80H156O17P2/c1-6-9-12-15-18-21-24-27-29-30-31-33-36-39-45-50-55-60-65-79(84)96-75(69-91-78(83)64-59-54-49-44-38-35-32-28-25-22-19-16-13-10-7-2)71-94-98(86,87)92-67-74(81)68-93-99(88,89)95-72-76(97-80(85)66-61-56-51-46-41-40-42-47-52-57-62-73(4)5)70-90-77(82)63-58-53-48-43-37-34-26-23-20-17-14-11-8-3/h73-76,81H,6-72H2,1-5H3,(H,86,87)(H,88,89)/t74-,75-,76-/m1/s1. The van der Waals surface area contributed by atoms with Crippen LogP contribution in [0.15, 0.2) is 0 Å². The Kier molecular flexibility index (Phi) is 71.6. The molecule has 0 amide bonds. The van der Waals surface area contributed by atoms with Gasteiger partial charge in [0.2, 0.25) is 0 Å². The number of carbonyl (C=O) groups is 4. The summed E-state index contributed by atoms with van der Waals surface area (Å²) in [7, 11) is -9.92. The zero-order valence-corrected chi connectivity index (χ0v) is 66.4. The van der Waals surface area contributed by atoms with Gasteiger partial charge in [-0.3, -0.25) is 37.3 Å². The first-order valence-corrected chi connectivity index (χ1v) is 44.6. The Bertz CT molecular complexity index is 1890. The van der Waals surface area contributed by atoms with Crippen molar-refractivity contribution in [3.63, 3.8) is 0 Å². The van der Waals surface area contributed by atoms with E-state index in [1.165, 1.54) is 250 Å². The number of aliphatic hydroxyl groups excluding tert-OH is 1. The fraction of sp³-hybridized carbons (Fsp3) is 0.950. The topological polar surface area (TPSA) is 237 Å². The van der Waals surface area contributed by atoms with Gasteiger partial charge in [0.1, 0.15) is 19.3 Å². The molecule has 0 radical (unpaired) electrons. The van der Waals surface area contributed by atoms with Crippen molar-refractivity contribution in [1.29, 1.82) is 0 Å². The molecule has 588 valence electrons. The zero-order valence-electron chi connectivity index (χ0n) is 64.6. The number of esters is 4. The van der Waals surface area contributed by atoms with Crippen molar-refractivity contribution in [2.75, 3.05) is 39.6 Å². The smallest absolute Gasteiger partial charge is 0.462 e. The summed E-state index contributed by atoms with van der Waals surface area (Å²) in [6, 6.07) is 0. The Morgan fingerprint density at radius 1 is 0.273 bits per heavy atom. The monoisotopic (exact) mass is 1450 g/mol. The van der Waals surface area contributed by atoms with Gasteiger partial charge in [-0.15, -0.1) is 0 Å². The normalized spacial score (nSPS) is 13.9. The van der Waals surface area contributed by atoms with Gasteiger partial charge in [-0.2, -0.15) is 0 Å². The third kappa shape index (κ3) is 74.1. The van der Waals surface area contributed by atoms with E-state index in [2.05, 4.69) is 34.6 Å². The van der Waals surface area contributed by atoms with E-state index < -0.39 is 97.5 Å². The number of phosphoric ester groups is 2. The summed E-state index contributed by atoms with van der Waals surface area (Å²) in [4.78, 5) is 73.0. The van der Waals surface area contributed by atoms with Gasteiger partial charge in [-0.05, 0) is 31.6 Å². The molecule has 0 heterocycles. The average Bonchev–Trinajstić information content (AvgIpc) is 1.11. The second-order valence-corrected chi connectivity index (χ2v) is 32.2. The largest absolute Gasteiger partial charge is 0.472 e. The second kappa shape index (κ2) is 73.0. The maximum Gasteiger partial charge on any atom is 0.472 e. The van der Waals surface area contributed by atoms with Gasteiger partial charge < -0.3 is 33.8 Å². The molecule has 0 rings (SSSR count). The number of ether oxygens (including phenoxy) is 4. The molecule has 0 aromatic carbocycles. The van der Waals surface area contributed by atoms with E-state index in [0.717, 1.165) is 95.8 Å².